The van der Waals surface area contributed by atoms with E-state index in [1.54, 1.807) is 61.1 Å². The van der Waals surface area contributed by atoms with Crippen molar-refractivity contribution in [2.24, 2.45) is 15.0 Å². The van der Waals surface area contributed by atoms with Gasteiger partial charge in [0.1, 0.15) is 23.0 Å². The second kappa shape index (κ2) is 46.2. The van der Waals surface area contributed by atoms with Crippen molar-refractivity contribution >= 4 is 92.1 Å². The van der Waals surface area contributed by atoms with Crippen LogP contribution in [0.1, 0.15) is 214 Å². The van der Waals surface area contributed by atoms with Crippen LogP contribution in [-0.2, 0) is 52.0 Å². The second-order valence-electron chi connectivity index (χ2n) is 41.8. The summed E-state index contributed by atoms with van der Waals surface area (Å²) in [6, 6.07) is 102. The Morgan fingerprint density at radius 2 is 0.837 bits per heavy atom. The molecule has 16 heteroatoms. The van der Waals surface area contributed by atoms with Gasteiger partial charge in [0.15, 0.2) is 23.3 Å². The van der Waals surface area contributed by atoms with E-state index in [-0.39, 0.29) is 50.4 Å². The van der Waals surface area contributed by atoms with Gasteiger partial charge in [-0.15, -0.1) is 0 Å². The lowest BCUT2D eigenvalue weighted by atomic mass is 9.79. The lowest BCUT2D eigenvalue weighted by Crippen LogP contribution is -2.21. The van der Waals surface area contributed by atoms with Gasteiger partial charge in [0.25, 0.3) is 0 Å². The molecule has 0 saturated carbocycles. The quantitative estimate of drug-likeness (QED) is 0.0220. The van der Waals surface area contributed by atoms with Crippen molar-refractivity contribution in [1.82, 2.24) is 4.98 Å². The van der Waals surface area contributed by atoms with Gasteiger partial charge in [-0.05, 0) is 223 Å². The first-order valence-corrected chi connectivity index (χ1v) is 49.4. The van der Waals surface area contributed by atoms with Gasteiger partial charge in [0.2, 0.25) is 0 Å². The van der Waals surface area contributed by atoms with Crippen LogP contribution in [0, 0.1) is 44.0 Å². The van der Waals surface area contributed by atoms with Gasteiger partial charge in [-0.25, -0.2) is 17.6 Å². The number of nitrogens with one attached hydrogen (secondary N) is 2. The highest BCUT2D eigenvalue weighted by Gasteiger charge is 2.31. The standard InChI is InChI=1S/C29H31F4NO.2C28H35NOS.C28H21NO.C12H12N2/c1-16-23(30)25(32)20(26(33)24(16)31)13-17-10-8-9-11-22(17)34-15-18-12-19(28(2,3)4)14-21(27(18)35)29(5,6)7;1-27(2,3)21-17-20(26(30-7)23(18-21)28(4,5)6)19-29-24-15-11-12-16-25(24)31-22-13-9-8-10-14-22;1-27(2,3)21-17-20(26(30)23(18-21)28(4,5)6)19-29(7)24-15-11-12-16-25(24)31-22-13-9-8-10-14-22;1-19-9-2-7-16-26(19)29-18-22-12-8-15-25(28(22)30)27-23-13-5-3-10-20(23)17-21-11-4-6-14-24(21)27;1-10-5-2-3-7-12(10)14-9-11-6-4-8-13-11/h8-12,14-15,35H,13H2,1-7H3;8-18,29H,19H2,1-7H3;8-18,30H,19H2,1-7H3;2-18,30H,1H3;2-9,13H,1H3. The van der Waals surface area contributed by atoms with E-state index < -0.39 is 34.4 Å². The fourth-order valence-electron chi connectivity index (χ4n) is 16.3. The summed E-state index contributed by atoms with van der Waals surface area (Å²) in [5.41, 5.74) is 18.2. The fourth-order valence-corrected chi connectivity index (χ4v) is 18.3. The number of anilines is 2. The summed E-state index contributed by atoms with van der Waals surface area (Å²) in [5, 5.41) is 41.6. The molecule has 16 rings (SSSR count). The minimum atomic E-state index is -1.41. The molecule has 0 spiro atoms. The Morgan fingerprint density at radius 1 is 0.390 bits per heavy atom. The number of hydrogen-bond donors (Lipinski definition) is 5. The molecule has 1 aromatic heterocycles. The zero-order chi connectivity index (χ0) is 102. The number of methoxy groups -OCH3 is 1. The highest BCUT2D eigenvalue weighted by molar-refractivity contribution is 7.99. The first-order valence-electron chi connectivity index (χ1n) is 47.8. The van der Waals surface area contributed by atoms with E-state index in [9.17, 15) is 32.9 Å². The maximum absolute atomic E-state index is 14.5. The monoisotopic (exact) mass is 1920 g/mol. The largest absolute Gasteiger partial charge is 0.507 e. The topological polar surface area (TPSA) is 138 Å². The molecule has 0 fully saturated rings. The van der Waals surface area contributed by atoms with Crippen LogP contribution in [0.2, 0.25) is 0 Å². The molecule has 0 aliphatic rings. The lowest BCUT2D eigenvalue weighted by Gasteiger charge is -2.29. The average Bonchev–Trinajstić information content (AvgIpc) is 0.909. The maximum Gasteiger partial charge on any atom is 0.165 e. The van der Waals surface area contributed by atoms with Crippen molar-refractivity contribution in [3.63, 3.8) is 0 Å². The number of phenolic OH excluding ortho intramolecular Hbond substituents is 3. The van der Waals surface area contributed by atoms with Crippen LogP contribution >= 0.6 is 23.5 Å². The van der Waals surface area contributed by atoms with Crippen LogP contribution in [0.5, 0.6) is 23.0 Å². The van der Waals surface area contributed by atoms with Crippen LogP contribution in [0.25, 0.3) is 32.7 Å². The van der Waals surface area contributed by atoms with Crippen LogP contribution in [0.15, 0.2) is 344 Å². The van der Waals surface area contributed by atoms with Gasteiger partial charge in [0.05, 0.1) is 41.8 Å². The van der Waals surface area contributed by atoms with Crippen molar-refractivity contribution in [3.8, 4) is 34.1 Å². The Morgan fingerprint density at radius 3 is 1.37 bits per heavy atom. The maximum atomic E-state index is 14.5. The predicted molar refractivity (Wildman–Crippen MR) is 589 cm³/mol. The molecule has 0 radical (unpaired) electrons. The summed E-state index contributed by atoms with van der Waals surface area (Å²) < 4.78 is 63.1. The SMILES string of the molecule is CN(Cc1cc(C(C)(C)C)cc(C(C)(C)C)c1O)c1ccccc1Sc1ccccc1.COc1c(CNc2ccccc2Sc2ccccc2)cc(C(C)(C)C)cc1C(C)(C)C.Cc1c(F)c(F)c(Cc2ccccc2N=Cc2cc(C(C)(C)C)cc(C(C)(C)C)c2O)c(F)c1F.Cc1ccccc1N=Cc1ccc[nH]1.Cc1ccccc1N=Cc1cccc(-c2c3ccccc3cc3ccccc23)c1O. The van der Waals surface area contributed by atoms with Crippen molar-refractivity contribution in [2.75, 3.05) is 24.4 Å². The number of rotatable bonds is 20. The lowest BCUT2D eigenvalue weighted by molar-refractivity contribution is 0.392. The van der Waals surface area contributed by atoms with Gasteiger partial charge in [-0.3, -0.25) is 15.0 Å². The van der Waals surface area contributed by atoms with Crippen molar-refractivity contribution < 1.29 is 37.6 Å². The Bertz CT molecular complexity index is 7030. The Kier molecular flexibility index (Phi) is 34.8. The van der Waals surface area contributed by atoms with Gasteiger partial charge in [0, 0.05) is 126 Å². The molecular weight excluding hydrogens is 1790 g/mol. The molecule has 5 N–H and O–H groups in total. The number of ether oxygens (including phenoxy) is 1. The first kappa shape index (κ1) is 106. The summed E-state index contributed by atoms with van der Waals surface area (Å²) in [7, 11) is 3.88. The number of phenols is 3. The summed E-state index contributed by atoms with van der Waals surface area (Å²) in [6.45, 7) is 45.4. The Balaban J connectivity index is 0.000000161. The van der Waals surface area contributed by atoms with Crippen molar-refractivity contribution in [1.29, 1.82) is 0 Å². The minimum absolute atomic E-state index is 0.00240. The van der Waals surface area contributed by atoms with Crippen LogP contribution in [0.4, 0.5) is 46.0 Å². The molecule has 0 saturated heterocycles. The highest BCUT2D eigenvalue weighted by atomic mass is 32.2. The van der Waals surface area contributed by atoms with E-state index >= 15 is 0 Å². The van der Waals surface area contributed by atoms with Gasteiger partial charge in [-0.1, -0.05) is 342 Å². The predicted octanol–water partition coefficient (Wildman–Crippen LogP) is 34.5. The number of aliphatic imine (C=N–C) groups is 3. The number of aromatic nitrogens is 1. The molecule has 0 atom stereocenters. The molecule has 0 aliphatic carbocycles. The number of nitrogens with zero attached hydrogens (tertiary/aromatic N) is 4. The van der Waals surface area contributed by atoms with E-state index in [0.29, 0.717) is 41.2 Å². The van der Waals surface area contributed by atoms with Gasteiger partial charge < -0.3 is 35.3 Å². The third-order valence-electron chi connectivity index (χ3n) is 24.6. The first-order chi connectivity index (χ1) is 66.8. The number of halogens is 4. The minimum Gasteiger partial charge on any atom is -0.507 e. The second-order valence-corrected chi connectivity index (χ2v) is 44.0. The van der Waals surface area contributed by atoms with E-state index in [4.69, 9.17) is 4.74 Å². The summed E-state index contributed by atoms with van der Waals surface area (Å²) in [6.07, 6.45) is 6.58. The fraction of sp³-hybridized carbons (Fsp3) is 0.256. The highest BCUT2D eigenvalue weighted by Crippen LogP contribution is 2.47. The number of aryl methyl sites for hydroxylation is 2. The number of aromatic amines is 1. The third kappa shape index (κ3) is 27.5. The molecule has 15 aromatic carbocycles. The molecule has 16 aromatic rings. The van der Waals surface area contributed by atoms with Crippen LogP contribution in [0.3, 0.4) is 0 Å². The number of hydrogen-bond acceptors (Lipinski definition) is 11. The third-order valence-corrected chi connectivity index (χ3v) is 26.8. The number of fused-ring (bicyclic) bond motifs is 2. The van der Waals surface area contributed by atoms with E-state index in [1.165, 1.54) is 53.6 Å². The molecule has 728 valence electrons. The zero-order valence-corrected chi connectivity index (χ0v) is 87.3. The normalized spacial score (nSPS) is 11.9. The molecule has 0 bridgehead atoms. The molecular formula is C125H134F4N6O4S2. The smallest absolute Gasteiger partial charge is 0.165 e. The molecule has 1 heterocycles. The molecule has 10 nitrogen and oxygen atoms in total. The van der Waals surface area contributed by atoms with Crippen molar-refractivity contribution in [3.05, 3.63) is 422 Å². The summed E-state index contributed by atoms with van der Waals surface area (Å²) >= 11 is 3.55. The number of benzene rings is 15. The average molecular weight is 1920 g/mol. The molecule has 0 aliphatic heterocycles. The van der Waals surface area contributed by atoms with Crippen LogP contribution in [-0.4, -0.2) is 53.1 Å². The van der Waals surface area contributed by atoms with Gasteiger partial charge >= 0.3 is 0 Å². The zero-order valence-electron chi connectivity index (χ0n) is 85.7. The molecule has 0 unspecified atom stereocenters. The van der Waals surface area contributed by atoms with Crippen LogP contribution < -0.4 is 15.0 Å². The number of aromatic hydroxyl groups is 3. The van der Waals surface area contributed by atoms with E-state index in [0.717, 1.165) is 102 Å². The summed E-state index contributed by atoms with van der Waals surface area (Å²) in [4.78, 5) is 23.7. The summed E-state index contributed by atoms with van der Waals surface area (Å²) in [5.74, 6) is -3.88. The van der Waals surface area contributed by atoms with E-state index in [1.807, 2.05) is 155 Å². The molecule has 0 amide bonds. The van der Waals surface area contributed by atoms with Crippen molar-refractivity contribution in [2.45, 2.75) is 217 Å². The number of H-pyrrole nitrogens is 1. The van der Waals surface area contributed by atoms with Gasteiger partial charge in [-0.2, -0.15) is 0 Å². The Hall–Kier alpha value is -13.7. The van der Waals surface area contributed by atoms with E-state index in [2.05, 4.69) is 312 Å². The molecule has 141 heavy (non-hydrogen) atoms. The Labute approximate surface area is 841 Å². The number of para-hydroxylation sites is 6.